The lowest BCUT2D eigenvalue weighted by atomic mass is 10.0. The van der Waals surface area contributed by atoms with Gasteiger partial charge in [-0.1, -0.05) is 39.7 Å². The van der Waals surface area contributed by atoms with E-state index in [1.165, 1.54) is 4.88 Å². The summed E-state index contributed by atoms with van der Waals surface area (Å²) in [6.07, 6.45) is 0.859. The van der Waals surface area contributed by atoms with Gasteiger partial charge in [-0.3, -0.25) is 0 Å². The fourth-order valence-electron chi connectivity index (χ4n) is 1.56. The molecule has 84 valence electrons. The second-order valence-electron chi connectivity index (χ2n) is 3.56. The highest BCUT2D eigenvalue weighted by Crippen LogP contribution is 2.28. The molecule has 2 N–H and O–H groups in total. The minimum absolute atomic E-state index is 0.00490. The first-order chi connectivity index (χ1) is 7.66. The van der Waals surface area contributed by atoms with Crippen LogP contribution >= 0.6 is 38.9 Å². The van der Waals surface area contributed by atoms with E-state index in [4.69, 9.17) is 17.3 Å². The van der Waals surface area contributed by atoms with Crippen LogP contribution in [0.25, 0.3) is 0 Å². The van der Waals surface area contributed by atoms with Gasteiger partial charge in [-0.15, -0.1) is 11.3 Å². The molecular weight excluding hydrogens is 306 g/mol. The molecule has 2 rings (SSSR count). The van der Waals surface area contributed by atoms with Crippen LogP contribution in [0.2, 0.25) is 5.02 Å². The van der Waals surface area contributed by atoms with Gasteiger partial charge >= 0.3 is 0 Å². The van der Waals surface area contributed by atoms with Gasteiger partial charge in [0, 0.05) is 26.8 Å². The fourth-order valence-corrected chi connectivity index (χ4v) is 3.30. The van der Waals surface area contributed by atoms with E-state index in [9.17, 15) is 0 Å². The topological polar surface area (TPSA) is 26.0 Å². The number of halogens is 2. The zero-order valence-electron chi connectivity index (χ0n) is 8.49. The molecule has 0 spiro atoms. The van der Waals surface area contributed by atoms with Gasteiger partial charge in [0.15, 0.2) is 0 Å². The van der Waals surface area contributed by atoms with Crippen molar-refractivity contribution in [3.8, 4) is 0 Å². The number of thiophene rings is 1. The van der Waals surface area contributed by atoms with Crippen LogP contribution in [0.1, 0.15) is 16.5 Å². The first kappa shape index (κ1) is 12.1. The fraction of sp³-hybridized carbons (Fsp3) is 0.167. The molecule has 1 unspecified atom stereocenters. The molecule has 0 radical (unpaired) electrons. The maximum Gasteiger partial charge on any atom is 0.0417 e. The SMILES string of the molecule is NC(Cc1cccs1)c1ccc(Cl)cc1Br. The van der Waals surface area contributed by atoms with Gasteiger partial charge in [0.2, 0.25) is 0 Å². The molecule has 0 aliphatic rings. The number of benzene rings is 1. The lowest BCUT2D eigenvalue weighted by Crippen LogP contribution is -2.13. The third-order valence-corrected chi connectivity index (χ3v) is 4.18. The van der Waals surface area contributed by atoms with Crippen molar-refractivity contribution in [1.29, 1.82) is 0 Å². The van der Waals surface area contributed by atoms with Crippen LogP contribution in [-0.4, -0.2) is 0 Å². The maximum atomic E-state index is 6.17. The molecule has 1 heterocycles. The molecule has 1 nitrogen and oxygen atoms in total. The van der Waals surface area contributed by atoms with Crippen LogP contribution in [-0.2, 0) is 6.42 Å². The van der Waals surface area contributed by atoms with Gasteiger partial charge in [0.25, 0.3) is 0 Å². The zero-order chi connectivity index (χ0) is 11.5. The molecule has 1 aromatic heterocycles. The predicted molar refractivity (Wildman–Crippen MR) is 74.1 cm³/mol. The van der Waals surface area contributed by atoms with E-state index < -0.39 is 0 Å². The summed E-state index contributed by atoms with van der Waals surface area (Å²) in [4.78, 5) is 1.30. The number of hydrogen-bond donors (Lipinski definition) is 1. The van der Waals surface area contributed by atoms with Crippen LogP contribution in [0.15, 0.2) is 40.2 Å². The molecule has 0 aliphatic heterocycles. The molecule has 2 aromatic rings. The summed E-state index contributed by atoms with van der Waals surface area (Å²) < 4.78 is 0.976. The third kappa shape index (κ3) is 2.86. The van der Waals surface area contributed by atoms with Crippen LogP contribution in [0.4, 0.5) is 0 Å². The monoisotopic (exact) mass is 315 g/mol. The minimum Gasteiger partial charge on any atom is -0.324 e. The van der Waals surface area contributed by atoms with Crippen molar-refractivity contribution in [1.82, 2.24) is 0 Å². The van der Waals surface area contributed by atoms with Crippen molar-refractivity contribution in [2.24, 2.45) is 5.73 Å². The molecule has 0 amide bonds. The van der Waals surface area contributed by atoms with Crippen molar-refractivity contribution in [2.75, 3.05) is 0 Å². The van der Waals surface area contributed by atoms with Gasteiger partial charge in [-0.25, -0.2) is 0 Å². The molecule has 16 heavy (non-hydrogen) atoms. The molecule has 0 fully saturated rings. The van der Waals surface area contributed by atoms with Gasteiger partial charge in [0.05, 0.1) is 0 Å². The summed E-state index contributed by atoms with van der Waals surface area (Å²) in [6, 6.07) is 9.88. The number of nitrogens with two attached hydrogens (primary N) is 1. The van der Waals surface area contributed by atoms with Crippen LogP contribution in [0.3, 0.4) is 0 Å². The van der Waals surface area contributed by atoms with E-state index in [2.05, 4.69) is 27.4 Å². The van der Waals surface area contributed by atoms with Crippen LogP contribution in [0.5, 0.6) is 0 Å². The summed E-state index contributed by atoms with van der Waals surface area (Å²) in [5.41, 5.74) is 7.27. The predicted octanol–water partition coefficient (Wildman–Crippen LogP) is 4.41. The summed E-state index contributed by atoms with van der Waals surface area (Å²) in [6.45, 7) is 0. The lowest BCUT2D eigenvalue weighted by molar-refractivity contribution is 0.726. The lowest BCUT2D eigenvalue weighted by Gasteiger charge is -2.13. The normalized spacial score (nSPS) is 12.7. The maximum absolute atomic E-state index is 6.17. The molecule has 1 atom stereocenters. The highest BCUT2D eigenvalue weighted by Gasteiger charge is 2.11. The average Bonchev–Trinajstić information content (AvgIpc) is 2.70. The van der Waals surface area contributed by atoms with E-state index in [0.29, 0.717) is 0 Å². The van der Waals surface area contributed by atoms with Gasteiger partial charge in [0.1, 0.15) is 0 Å². The quantitative estimate of drug-likeness (QED) is 0.892. The molecule has 0 aliphatic carbocycles. The second kappa shape index (κ2) is 5.32. The van der Waals surface area contributed by atoms with E-state index in [0.717, 1.165) is 21.5 Å². The van der Waals surface area contributed by atoms with Crippen molar-refractivity contribution in [3.63, 3.8) is 0 Å². The Morgan fingerprint density at radius 2 is 2.19 bits per heavy atom. The minimum atomic E-state index is 0.00490. The Labute approximate surface area is 112 Å². The summed E-state index contributed by atoms with van der Waals surface area (Å²) >= 11 is 11.1. The molecule has 1 aromatic carbocycles. The van der Waals surface area contributed by atoms with Crippen molar-refractivity contribution in [3.05, 3.63) is 55.6 Å². The molecule has 0 saturated heterocycles. The number of hydrogen-bond acceptors (Lipinski definition) is 2. The van der Waals surface area contributed by atoms with E-state index >= 15 is 0 Å². The third-order valence-electron chi connectivity index (χ3n) is 2.36. The smallest absolute Gasteiger partial charge is 0.0417 e. The Bertz CT molecular complexity index is 470. The highest BCUT2D eigenvalue weighted by atomic mass is 79.9. The first-order valence-electron chi connectivity index (χ1n) is 4.89. The highest BCUT2D eigenvalue weighted by molar-refractivity contribution is 9.10. The Balaban J connectivity index is 2.17. The standard InChI is InChI=1S/C12H11BrClNS/c13-11-6-8(14)3-4-10(11)12(15)7-9-2-1-5-16-9/h1-6,12H,7,15H2. The molecule has 4 heteroatoms. The molecule has 0 bridgehead atoms. The van der Waals surface area contributed by atoms with Gasteiger partial charge in [-0.2, -0.15) is 0 Å². The van der Waals surface area contributed by atoms with Crippen molar-refractivity contribution < 1.29 is 0 Å². The largest absolute Gasteiger partial charge is 0.324 e. The Kier molecular flexibility index (Phi) is 4.03. The second-order valence-corrected chi connectivity index (χ2v) is 5.88. The summed E-state index contributed by atoms with van der Waals surface area (Å²) in [7, 11) is 0. The number of rotatable bonds is 3. The van der Waals surface area contributed by atoms with Crippen LogP contribution in [0, 0.1) is 0 Å². The van der Waals surface area contributed by atoms with Crippen LogP contribution < -0.4 is 5.73 Å². The average molecular weight is 317 g/mol. The zero-order valence-corrected chi connectivity index (χ0v) is 11.6. The first-order valence-corrected chi connectivity index (χ1v) is 6.95. The Hall–Kier alpha value is -0.350. The summed E-state index contributed by atoms with van der Waals surface area (Å²) in [5.74, 6) is 0. The van der Waals surface area contributed by atoms with E-state index in [1.807, 2.05) is 24.3 Å². The van der Waals surface area contributed by atoms with Crippen molar-refractivity contribution in [2.45, 2.75) is 12.5 Å². The molecule has 0 saturated carbocycles. The Morgan fingerprint density at radius 1 is 1.38 bits per heavy atom. The Morgan fingerprint density at radius 3 is 2.81 bits per heavy atom. The van der Waals surface area contributed by atoms with E-state index in [1.54, 1.807) is 11.3 Å². The van der Waals surface area contributed by atoms with E-state index in [-0.39, 0.29) is 6.04 Å². The van der Waals surface area contributed by atoms with Gasteiger partial charge in [-0.05, 0) is 29.1 Å². The van der Waals surface area contributed by atoms with Gasteiger partial charge < -0.3 is 5.73 Å². The summed E-state index contributed by atoms with van der Waals surface area (Å²) in [5, 5.41) is 2.79. The van der Waals surface area contributed by atoms with Crippen molar-refractivity contribution >= 4 is 38.9 Å². The molecular formula is C12H11BrClNS.